The number of benzene rings is 1. The van der Waals surface area contributed by atoms with E-state index >= 15 is 0 Å². The van der Waals surface area contributed by atoms with Crippen LogP contribution in [0.4, 0.5) is 5.13 Å². The molecule has 0 unspecified atom stereocenters. The molecule has 0 bridgehead atoms. The molecule has 3 heterocycles. The number of carbonyl (C=O) groups is 1. The lowest BCUT2D eigenvalue weighted by atomic mass is 10.1. The van der Waals surface area contributed by atoms with Crippen LogP contribution in [0.25, 0.3) is 10.2 Å². The lowest BCUT2D eigenvalue weighted by Crippen LogP contribution is -2.27. The van der Waals surface area contributed by atoms with Crippen LogP contribution in [0.15, 0.2) is 23.1 Å². The van der Waals surface area contributed by atoms with Gasteiger partial charge in [-0.25, -0.2) is 21.8 Å². The zero-order valence-electron chi connectivity index (χ0n) is 14.4. The first-order valence-electron chi connectivity index (χ1n) is 8.67. The Balaban J connectivity index is 1.55. The van der Waals surface area contributed by atoms with Gasteiger partial charge in [-0.05, 0) is 37.5 Å². The summed E-state index contributed by atoms with van der Waals surface area (Å²) in [6, 6.07) is 4.74. The van der Waals surface area contributed by atoms with Gasteiger partial charge in [-0.1, -0.05) is 11.3 Å². The first-order valence-corrected chi connectivity index (χ1v) is 12.7. The van der Waals surface area contributed by atoms with E-state index in [-0.39, 0.29) is 22.3 Å². The maximum Gasteiger partial charge on any atom is 0.243 e. The highest BCUT2D eigenvalue weighted by atomic mass is 32.2. The van der Waals surface area contributed by atoms with Crippen LogP contribution >= 0.6 is 11.3 Å². The molecule has 0 spiro atoms. The van der Waals surface area contributed by atoms with Crippen LogP contribution in [0.3, 0.4) is 0 Å². The number of aromatic nitrogens is 1. The summed E-state index contributed by atoms with van der Waals surface area (Å²) in [6.07, 6.45) is 2.06. The minimum absolute atomic E-state index is 0.0304. The molecule has 4 rings (SSSR count). The SMILES string of the molecule is O=C(Nc1nc2ccc(S(=O)(=O)N3CCCC3)cc2s1)[C@@H]1CCS(=O)(=O)C1. The maximum atomic E-state index is 12.7. The van der Waals surface area contributed by atoms with E-state index in [0.717, 1.165) is 12.8 Å². The van der Waals surface area contributed by atoms with E-state index in [1.165, 1.54) is 21.7 Å². The van der Waals surface area contributed by atoms with Gasteiger partial charge in [0.05, 0.1) is 32.5 Å². The van der Waals surface area contributed by atoms with Crippen molar-refractivity contribution in [3.63, 3.8) is 0 Å². The van der Waals surface area contributed by atoms with Gasteiger partial charge in [0.2, 0.25) is 15.9 Å². The lowest BCUT2D eigenvalue weighted by molar-refractivity contribution is -0.119. The Morgan fingerprint density at radius 1 is 1.26 bits per heavy atom. The quantitative estimate of drug-likeness (QED) is 0.787. The minimum Gasteiger partial charge on any atom is -0.302 e. The van der Waals surface area contributed by atoms with Crippen molar-refractivity contribution in [3.8, 4) is 0 Å². The van der Waals surface area contributed by atoms with Crippen LogP contribution in [-0.4, -0.2) is 56.6 Å². The zero-order chi connectivity index (χ0) is 19.2. The Labute approximate surface area is 161 Å². The number of nitrogens with one attached hydrogen (secondary N) is 1. The van der Waals surface area contributed by atoms with E-state index in [1.54, 1.807) is 12.1 Å². The van der Waals surface area contributed by atoms with Crippen molar-refractivity contribution in [2.24, 2.45) is 5.92 Å². The molecular formula is C16H19N3O5S3. The van der Waals surface area contributed by atoms with Crippen LogP contribution < -0.4 is 5.32 Å². The number of nitrogens with zero attached hydrogens (tertiary/aromatic N) is 2. The smallest absolute Gasteiger partial charge is 0.243 e. The molecule has 1 amide bonds. The van der Waals surface area contributed by atoms with E-state index in [0.29, 0.717) is 34.9 Å². The number of anilines is 1. The van der Waals surface area contributed by atoms with Gasteiger partial charge in [0.15, 0.2) is 15.0 Å². The lowest BCUT2D eigenvalue weighted by Gasteiger charge is -2.15. The maximum absolute atomic E-state index is 12.7. The molecule has 2 aliphatic heterocycles. The van der Waals surface area contributed by atoms with E-state index in [2.05, 4.69) is 10.3 Å². The molecule has 1 N–H and O–H groups in total. The van der Waals surface area contributed by atoms with Crippen LogP contribution in [0.5, 0.6) is 0 Å². The average Bonchev–Trinajstić information content (AvgIpc) is 3.32. The summed E-state index contributed by atoms with van der Waals surface area (Å²) >= 11 is 1.18. The topological polar surface area (TPSA) is 114 Å². The standard InChI is InChI=1S/C16H19N3O5S3/c20-15(11-5-8-26(21,22)10-11)18-16-17-13-4-3-12(9-14(13)25-16)27(23,24)19-6-1-2-7-19/h3-4,9,11H,1-2,5-8,10H2,(H,17,18,20)/t11-/m1/s1. The Kier molecular flexibility index (Phi) is 4.73. The van der Waals surface area contributed by atoms with Gasteiger partial charge in [-0.15, -0.1) is 0 Å². The number of sulfonamides is 1. The summed E-state index contributed by atoms with van der Waals surface area (Å²) in [6.45, 7) is 1.07. The number of hydrogen-bond acceptors (Lipinski definition) is 7. The monoisotopic (exact) mass is 429 g/mol. The van der Waals surface area contributed by atoms with Crippen LogP contribution in [0.2, 0.25) is 0 Å². The molecule has 8 nitrogen and oxygen atoms in total. The largest absolute Gasteiger partial charge is 0.302 e. The van der Waals surface area contributed by atoms with Crippen molar-refractivity contribution in [2.45, 2.75) is 24.2 Å². The molecule has 11 heteroatoms. The fraction of sp³-hybridized carbons (Fsp3) is 0.500. The van der Waals surface area contributed by atoms with Gasteiger partial charge in [0, 0.05) is 13.1 Å². The highest BCUT2D eigenvalue weighted by molar-refractivity contribution is 7.91. The predicted octanol–water partition coefficient (Wildman–Crippen LogP) is 1.45. The number of rotatable bonds is 4. The Morgan fingerprint density at radius 3 is 2.67 bits per heavy atom. The Morgan fingerprint density at radius 2 is 2.00 bits per heavy atom. The summed E-state index contributed by atoms with van der Waals surface area (Å²) in [4.78, 5) is 16.8. The van der Waals surface area contributed by atoms with Crippen molar-refractivity contribution >= 4 is 52.5 Å². The average molecular weight is 430 g/mol. The van der Waals surface area contributed by atoms with Gasteiger partial charge in [-0.3, -0.25) is 4.79 Å². The third-order valence-corrected chi connectivity index (χ3v) is 9.49. The van der Waals surface area contributed by atoms with Gasteiger partial charge >= 0.3 is 0 Å². The molecule has 1 aromatic carbocycles. The molecular weight excluding hydrogens is 410 g/mol. The van der Waals surface area contributed by atoms with Crippen molar-refractivity contribution in [1.29, 1.82) is 0 Å². The Bertz CT molecular complexity index is 1100. The predicted molar refractivity (Wildman–Crippen MR) is 103 cm³/mol. The molecule has 2 aromatic rings. The molecule has 27 heavy (non-hydrogen) atoms. The highest BCUT2D eigenvalue weighted by Gasteiger charge is 2.33. The van der Waals surface area contributed by atoms with Gasteiger partial charge < -0.3 is 5.32 Å². The minimum atomic E-state index is -3.51. The summed E-state index contributed by atoms with van der Waals surface area (Å²) in [5.41, 5.74) is 0.592. The first-order chi connectivity index (χ1) is 12.7. The summed E-state index contributed by atoms with van der Waals surface area (Å²) in [5.74, 6) is -1.03. The second-order valence-corrected chi connectivity index (χ2v) is 12.0. The number of hydrogen-bond donors (Lipinski definition) is 1. The molecule has 0 radical (unpaired) electrons. The third kappa shape index (κ3) is 3.73. The molecule has 2 fully saturated rings. The molecule has 0 saturated carbocycles. The molecule has 146 valence electrons. The molecule has 2 aliphatic rings. The first kappa shape index (κ1) is 18.8. The van der Waals surface area contributed by atoms with Crippen LogP contribution in [-0.2, 0) is 24.7 Å². The van der Waals surface area contributed by atoms with E-state index in [9.17, 15) is 21.6 Å². The number of amides is 1. The zero-order valence-corrected chi connectivity index (χ0v) is 16.9. The number of fused-ring (bicyclic) bond motifs is 1. The molecule has 2 saturated heterocycles. The highest BCUT2D eigenvalue weighted by Crippen LogP contribution is 2.31. The van der Waals surface area contributed by atoms with Gasteiger partial charge in [-0.2, -0.15) is 4.31 Å². The van der Waals surface area contributed by atoms with E-state index < -0.39 is 25.8 Å². The van der Waals surface area contributed by atoms with Gasteiger partial charge in [0.25, 0.3) is 0 Å². The Hall–Kier alpha value is -1.56. The second kappa shape index (κ2) is 6.80. The van der Waals surface area contributed by atoms with E-state index in [1.807, 2.05) is 0 Å². The van der Waals surface area contributed by atoms with Gasteiger partial charge in [0.1, 0.15) is 0 Å². The summed E-state index contributed by atoms with van der Waals surface area (Å²) in [5, 5.41) is 3.01. The van der Waals surface area contributed by atoms with E-state index in [4.69, 9.17) is 0 Å². The summed E-state index contributed by atoms with van der Waals surface area (Å²) < 4.78 is 50.6. The summed E-state index contributed by atoms with van der Waals surface area (Å²) in [7, 11) is -6.65. The van der Waals surface area contributed by atoms with Crippen LogP contribution in [0.1, 0.15) is 19.3 Å². The fourth-order valence-electron chi connectivity index (χ4n) is 3.41. The fourth-order valence-corrected chi connectivity index (χ4v) is 7.67. The number of carbonyl (C=O) groups excluding carboxylic acids is 1. The van der Waals surface area contributed by atoms with Crippen molar-refractivity contribution in [1.82, 2.24) is 9.29 Å². The molecule has 1 atom stereocenters. The van der Waals surface area contributed by atoms with Crippen molar-refractivity contribution in [3.05, 3.63) is 18.2 Å². The van der Waals surface area contributed by atoms with Crippen molar-refractivity contribution in [2.75, 3.05) is 29.9 Å². The second-order valence-electron chi connectivity index (χ2n) is 6.85. The molecule has 0 aliphatic carbocycles. The third-order valence-electron chi connectivity index (χ3n) is 4.90. The molecule has 1 aromatic heterocycles. The number of thiazole rings is 1. The van der Waals surface area contributed by atoms with Crippen LogP contribution in [0, 0.1) is 5.92 Å². The van der Waals surface area contributed by atoms with Crippen molar-refractivity contribution < 1.29 is 21.6 Å². The normalized spacial score (nSPS) is 23.0. The number of sulfone groups is 1.